The molecule has 1 aliphatic heterocycles. The number of β-amino-alcohol motifs (C(OH)–C–C–N with tert-alkyl or cyclic N) is 1. The Kier molecular flexibility index (Phi) is 8.69. The van der Waals surface area contributed by atoms with E-state index in [9.17, 15) is 41.4 Å². The van der Waals surface area contributed by atoms with Gasteiger partial charge in [-0.1, -0.05) is 34.1 Å². The van der Waals surface area contributed by atoms with Crippen molar-refractivity contribution in [2.75, 3.05) is 30.0 Å². The Morgan fingerprint density at radius 3 is 2.12 bits per heavy atom. The summed E-state index contributed by atoms with van der Waals surface area (Å²) in [4.78, 5) is 21.2. The lowest BCUT2D eigenvalue weighted by Gasteiger charge is -2.32. The van der Waals surface area contributed by atoms with Gasteiger partial charge in [-0.25, -0.2) is 4.98 Å². The zero-order chi connectivity index (χ0) is 31.2. The van der Waals surface area contributed by atoms with E-state index in [0.29, 0.717) is 40.0 Å². The van der Waals surface area contributed by atoms with Crippen LogP contribution in [0.15, 0.2) is 59.2 Å². The Morgan fingerprint density at radius 2 is 1.57 bits per heavy atom. The molecule has 2 N–H and O–H groups in total. The Hall–Kier alpha value is -3.16. The molecule has 1 saturated heterocycles. The standard InChI is InChI=1S/C29H28BrF6N3O3/c1-27(2,16-8-17(28(31,32)33)10-18(9-16)29(34,35)36)26(42)38(3)24-13-37-25(39-14-20(41)11-19(39)15-40)12-22(24)21-6-4-5-7-23(21)30/h4-10,12-13,19-20,40-41H,11,14-15H2,1-3H3/t19-,20-/m0/s1. The summed E-state index contributed by atoms with van der Waals surface area (Å²) in [6, 6.07) is 9.48. The maximum absolute atomic E-state index is 13.9. The molecule has 6 nitrogen and oxygen atoms in total. The molecule has 0 radical (unpaired) electrons. The van der Waals surface area contributed by atoms with E-state index in [1.54, 1.807) is 35.2 Å². The van der Waals surface area contributed by atoms with Gasteiger partial charge in [0.1, 0.15) is 5.82 Å². The van der Waals surface area contributed by atoms with Crippen molar-refractivity contribution in [1.82, 2.24) is 4.98 Å². The van der Waals surface area contributed by atoms with Gasteiger partial charge in [-0.15, -0.1) is 0 Å². The van der Waals surface area contributed by atoms with Gasteiger partial charge in [-0.2, -0.15) is 26.3 Å². The molecule has 4 rings (SSSR count). The molecular weight excluding hydrogens is 632 g/mol. The fourth-order valence-electron chi connectivity index (χ4n) is 5.07. The van der Waals surface area contributed by atoms with Crippen LogP contribution in [-0.2, 0) is 22.6 Å². The molecule has 13 heteroatoms. The first-order chi connectivity index (χ1) is 19.4. The minimum Gasteiger partial charge on any atom is -0.394 e. The smallest absolute Gasteiger partial charge is 0.394 e. The Balaban J connectivity index is 1.82. The highest BCUT2D eigenvalue weighted by Gasteiger charge is 2.41. The topological polar surface area (TPSA) is 76.9 Å². The van der Waals surface area contributed by atoms with Crippen molar-refractivity contribution in [3.05, 3.63) is 75.9 Å². The summed E-state index contributed by atoms with van der Waals surface area (Å²) < 4.78 is 82.0. The molecule has 2 aromatic carbocycles. The van der Waals surface area contributed by atoms with Crippen LogP contribution in [-0.4, -0.2) is 53.4 Å². The number of aliphatic hydroxyl groups excluding tert-OH is 2. The molecular formula is C29H28BrF6N3O3. The highest BCUT2D eigenvalue weighted by Crippen LogP contribution is 2.42. The van der Waals surface area contributed by atoms with Gasteiger partial charge in [0.15, 0.2) is 0 Å². The van der Waals surface area contributed by atoms with E-state index in [1.807, 2.05) is 0 Å². The quantitative estimate of drug-likeness (QED) is 0.299. The second kappa shape index (κ2) is 11.5. The number of rotatable bonds is 6. The molecule has 0 spiro atoms. The van der Waals surface area contributed by atoms with E-state index in [4.69, 9.17) is 0 Å². The second-order valence-corrected chi connectivity index (χ2v) is 11.6. The number of aromatic nitrogens is 1. The van der Waals surface area contributed by atoms with E-state index >= 15 is 0 Å². The molecule has 2 atom stereocenters. The zero-order valence-electron chi connectivity index (χ0n) is 22.8. The molecule has 1 aliphatic rings. The molecule has 2 heterocycles. The molecule has 1 amide bonds. The third-order valence-corrected chi connectivity index (χ3v) is 8.13. The lowest BCUT2D eigenvalue weighted by molar-refractivity contribution is -0.143. The highest BCUT2D eigenvalue weighted by molar-refractivity contribution is 9.10. The van der Waals surface area contributed by atoms with Gasteiger partial charge in [0, 0.05) is 23.6 Å². The average Bonchev–Trinajstić information content (AvgIpc) is 3.31. The molecule has 1 aromatic heterocycles. The number of nitrogens with zero attached hydrogens (tertiary/aromatic N) is 3. The first-order valence-electron chi connectivity index (χ1n) is 12.8. The van der Waals surface area contributed by atoms with E-state index in [2.05, 4.69) is 20.9 Å². The maximum Gasteiger partial charge on any atom is 0.416 e. The van der Waals surface area contributed by atoms with Gasteiger partial charge >= 0.3 is 12.4 Å². The summed E-state index contributed by atoms with van der Waals surface area (Å²) in [5.41, 5.74) is -3.94. The molecule has 42 heavy (non-hydrogen) atoms. The van der Waals surface area contributed by atoms with Crippen LogP contribution in [0.2, 0.25) is 0 Å². The lowest BCUT2D eigenvalue weighted by Crippen LogP contribution is -2.42. The number of halogens is 7. The largest absolute Gasteiger partial charge is 0.416 e. The van der Waals surface area contributed by atoms with Crippen LogP contribution < -0.4 is 9.80 Å². The number of pyridine rings is 1. The lowest BCUT2D eigenvalue weighted by atomic mass is 9.81. The number of aliphatic hydroxyl groups is 2. The van der Waals surface area contributed by atoms with E-state index in [0.717, 1.165) is 4.90 Å². The zero-order valence-corrected chi connectivity index (χ0v) is 24.3. The predicted molar refractivity (Wildman–Crippen MR) is 149 cm³/mol. The number of hydrogen-bond donors (Lipinski definition) is 2. The normalized spacial score (nSPS) is 18.0. The first kappa shape index (κ1) is 31.8. The van der Waals surface area contributed by atoms with Crippen molar-refractivity contribution in [1.29, 1.82) is 0 Å². The van der Waals surface area contributed by atoms with Gasteiger partial charge < -0.3 is 20.0 Å². The number of alkyl halides is 6. The van der Waals surface area contributed by atoms with Crippen LogP contribution >= 0.6 is 15.9 Å². The van der Waals surface area contributed by atoms with E-state index in [1.165, 1.54) is 27.1 Å². The van der Waals surface area contributed by atoms with Crippen molar-refractivity contribution < 1.29 is 41.4 Å². The van der Waals surface area contributed by atoms with Crippen LogP contribution in [0.25, 0.3) is 11.1 Å². The predicted octanol–water partition coefficient (Wildman–Crippen LogP) is 6.42. The minimum atomic E-state index is -5.07. The van der Waals surface area contributed by atoms with Crippen LogP contribution in [0.4, 0.5) is 37.8 Å². The van der Waals surface area contributed by atoms with Crippen LogP contribution in [0.3, 0.4) is 0 Å². The summed E-state index contributed by atoms with van der Waals surface area (Å²) in [5, 5.41) is 20.0. The van der Waals surface area contributed by atoms with Crippen molar-refractivity contribution in [2.24, 2.45) is 0 Å². The third-order valence-electron chi connectivity index (χ3n) is 7.44. The fraction of sp³-hybridized carbons (Fsp3) is 0.379. The molecule has 0 aliphatic carbocycles. The Morgan fingerprint density at radius 1 is 1.00 bits per heavy atom. The van der Waals surface area contributed by atoms with Crippen molar-refractivity contribution in [3.8, 4) is 11.1 Å². The number of benzene rings is 2. The van der Waals surface area contributed by atoms with Gasteiger partial charge in [0.05, 0.1) is 47.2 Å². The third kappa shape index (κ3) is 6.28. The molecule has 1 fully saturated rings. The van der Waals surface area contributed by atoms with Crippen LogP contribution in [0, 0.1) is 0 Å². The van der Waals surface area contributed by atoms with E-state index < -0.39 is 52.5 Å². The summed E-state index contributed by atoms with van der Waals surface area (Å²) in [6.07, 6.45) is -9.11. The fourth-order valence-corrected chi connectivity index (χ4v) is 5.57. The molecule has 0 bridgehead atoms. The summed E-state index contributed by atoms with van der Waals surface area (Å²) in [5.74, 6) is -0.365. The minimum absolute atomic E-state index is 0.0242. The summed E-state index contributed by atoms with van der Waals surface area (Å²) in [7, 11) is 1.37. The van der Waals surface area contributed by atoms with Crippen molar-refractivity contribution >= 4 is 33.3 Å². The van der Waals surface area contributed by atoms with Gasteiger partial charge in [0.25, 0.3) is 0 Å². The number of anilines is 2. The molecule has 226 valence electrons. The highest BCUT2D eigenvalue weighted by atomic mass is 79.9. The van der Waals surface area contributed by atoms with Gasteiger partial charge in [-0.05, 0) is 61.7 Å². The molecule has 0 unspecified atom stereocenters. The molecule has 0 saturated carbocycles. The SMILES string of the molecule is CN(C(=O)C(C)(C)c1cc(C(F)(F)F)cc(C(F)(F)F)c1)c1cnc(N2C[C@@H](O)C[C@H]2CO)cc1-c1ccccc1Br. The number of hydrogen-bond acceptors (Lipinski definition) is 5. The maximum atomic E-state index is 13.9. The second-order valence-electron chi connectivity index (χ2n) is 10.7. The first-order valence-corrected chi connectivity index (χ1v) is 13.6. The Labute approximate surface area is 246 Å². The number of carbonyl (C=O) groups is 1. The Bertz CT molecular complexity index is 1450. The number of likely N-dealkylation sites (N-methyl/N-ethyl adjacent to an activating group) is 1. The number of amides is 1. The average molecular weight is 660 g/mol. The van der Waals surface area contributed by atoms with E-state index in [-0.39, 0.29) is 24.9 Å². The van der Waals surface area contributed by atoms with Crippen LogP contribution in [0.5, 0.6) is 0 Å². The van der Waals surface area contributed by atoms with Gasteiger partial charge in [-0.3, -0.25) is 4.79 Å². The summed E-state index contributed by atoms with van der Waals surface area (Å²) >= 11 is 3.50. The number of carbonyl (C=O) groups excluding carboxylic acids is 1. The van der Waals surface area contributed by atoms with Crippen LogP contribution in [0.1, 0.15) is 37.0 Å². The van der Waals surface area contributed by atoms with Gasteiger partial charge in [0.2, 0.25) is 5.91 Å². The monoisotopic (exact) mass is 659 g/mol. The summed E-state index contributed by atoms with van der Waals surface area (Å²) in [6.45, 7) is 2.51. The molecule has 3 aromatic rings. The van der Waals surface area contributed by atoms with Crippen molar-refractivity contribution in [2.45, 2.75) is 50.2 Å². The van der Waals surface area contributed by atoms with Crippen molar-refractivity contribution in [3.63, 3.8) is 0 Å².